The van der Waals surface area contributed by atoms with Crippen molar-refractivity contribution < 1.29 is 33.3 Å². The number of nitrogens with zero attached hydrogens (tertiary/aromatic N) is 2. The Balaban J connectivity index is 0.000000305. The molecule has 1 aromatic heterocycles. The summed E-state index contributed by atoms with van der Waals surface area (Å²) in [6.07, 6.45) is 7.70. The Labute approximate surface area is 277 Å². The van der Waals surface area contributed by atoms with Crippen molar-refractivity contribution in [1.82, 2.24) is 15.5 Å². The van der Waals surface area contributed by atoms with Gasteiger partial charge in [0.25, 0.3) is 5.91 Å². The van der Waals surface area contributed by atoms with Gasteiger partial charge in [-0.05, 0) is 73.2 Å². The first-order chi connectivity index (χ1) is 22.1. The number of hydrogen-bond acceptors (Lipinski definition) is 9. The molecule has 248 valence electrons. The molecule has 2 aromatic carbocycles. The summed E-state index contributed by atoms with van der Waals surface area (Å²) in [5.74, 6) is 0.0391. The molecule has 0 unspecified atom stereocenters. The van der Waals surface area contributed by atoms with E-state index in [1.54, 1.807) is 29.2 Å². The van der Waals surface area contributed by atoms with E-state index in [-0.39, 0.29) is 39.8 Å². The lowest BCUT2D eigenvalue weighted by atomic mass is 9.85. The maximum atomic E-state index is 13.2. The second kappa shape index (κ2) is 13.5. The van der Waals surface area contributed by atoms with Gasteiger partial charge < -0.3 is 20.3 Å². The second-order valence-electron chi connectivity index (χ2n) is 13.0. The summed E-state index contributed by atoms with van der Waals surface area (Å²) in [5.41, 5.74) is 2.04. The Morgan fingerprint density at radius 2 is 1.87 bits per heavy atom. The Morgan fingerprint density at radius 3 is 2.57 bits per heavy atom. The fourth-order valence-corrected chi connectivity index (χ4v) is 9.02. The van der Waals surface area contributed by atoms with Crippen LogP contribution in [-0.4, -0.2) is 67.9 Å². The Bertz CT molecular complexity index is 1650. The van der Waals surface area contributed by atoms with Gasteiger partial charge in [-0.25, -0.2) is 0 Å². The average molecular weight is 670 g/mol. The average Bonchev–Trinajstić information content (AvgIpc) is 3.34. The van der Waals surface area contributed by atoms with Crippen molar-refractivity contribution in [3.05, 3.63) is 70.6 Å². The number of aldehydes is 1. The SMILES string of the molecule is N#C[C@H]1[C@H](c2ccccc2)CNC12CC2.O=C[C@@H]1CC[C@@H]2CCCC[C@H](NC(=O)c3cc4cc(C[P+](O)(O)O)ccc4s3)C(=O)N21.[HH].[HH].[HH]. The number of carbonyl (C=O) groups excluding carboxylic acids is 3. The molecule has 4 heterocycles. The maximum Gasteiger partial charge on any atom is 0.408 e. The zero-order chi connectivity index (χ0) is 32.5. The molecule has 5 N–H and O–H groups in total. The normalized spacial score (nSPS) is 26.8. The molecule has 3 saturated heterocycles. The number of benzene rings is 2. The van der Waals surface area contributed by atoms with Crippen LogP contribution < -0.4 is 10.6 Å². The van der Waals surface area contributed by atoms with Crippen molar-refractivity contribution in [2.75, 3.05) is 6.54 Å². The third kappa shape index (κ3) is 7.03. The van der Waals surface area contributed by atoms with Gasteiger partial charge in [-0.3, -0.25) is 9.59 Å². The number of carbonyl (C=O) groups is 3. The van der Waals surface area contributed by atoms with E-state index in [9.17, 15) is 34.3 Å². The van der Waals surface area contributed by atoms with E-state index in [0.29, 0.717) is 29.2 Å². The van der Waals surface area contributed by atoms with Gasteiger partial charge in [-0.2, -0.15) is 19.9 Å². The summed E-state index contributed by atoms with van der Waals surface area (Å²) in [5, 5.41) is 16.4. The molecule has 2 amide bonds. The van der Waals surface area contributed by atoms with E-state index >= 15 is 0 Å². The summed E-state index contributed by atoms with van der Waals surface area (Å²) in [7, 11) is -3.93. The molecule has 1 aliphatic carbocycles. The van der Waals surface area contributed by atoms with Crippen LogP contribution in [0.1, 0.15) is 82.4 Å². The molecular formula is C34H46N4O6PS+. The molecule has 0 radical (unpaired) electrons. The highest BCUT2D eigenvalue weighted by molar-refractivity contribution is 7.57. The van der Waals surface area contributed by atoms with Gasteiger partial charge in [0.05, 0.1) is 22.9 Å². The molecule has 46 heavy (non-hydrogen) atoms. The lowest BCUT2D eigenvalue weighted by Gasteiger charge is -2.34. The van der Waals surface area contributed by atoms with Gasteiger partial charge in [0, 0.05) is 33.0 Å². The highest BCUT2D eigenvalue weighted by Gasteiger charge is 2.56. The van der Waals surface area contributed by atoms with Crippen LogP contribution in [0.15, 0.2) is 54.6 Å². The molecule has 1 saturated carbocycles. The predicted molar refractivity (Wildman–Crippen MR) is 183 cm³/mol. The smallest absolute Gasteiger partial charge is 0.340 e. The van der Waals surface area contributed by atoms with E-state index in [1.807, 2.05) is 6.07 Å². The van der Waals surface area contributed by atoms with Crippen molar-refractivity contribution in [3.8, 4) is 6.07 Å². The molecule has 7 rings (SSSR count). The summed E-state index contributed by atoms with van der Waals surface area (Å²) in [4.78, 5) is 67.5. The van der Waals surface area contributed by atoms with Gasteiger partial charge in [0.1, 0.15) is 12.3 Å². The number of nitrogens with one attached hydrogen (secondary N) is 2. The highest BCUT2D eigenvalue weighted by atomic mass is 32.1. The third-order valence-corrected chi connectivity index (χ3v) is 11.8. The fourth-order valence-electron chi connectivity index (χ4n) is 7.39. The van der Waals surface area contributed by atoms with E-state index in [4.69, 9.17) is 0 Å². The lowest BCUT2D eigenvalue weighted by molar-refractivity contribution is -0.139. The predicted octanol–water partition coefficient (Wildman–Crippen LogP) is 5.16. The number of rotatable bonds is 6. The van der Waals surface area contributed by atoms with Crippen molar-refractivity contribution in [2.45, 2.75) is 87.1 Å². The molecule has 10 nitrogen and oxygen atoms in total. The van der Waals surface area contributed by atoms with Crippen LogP contribution in [0.4, 0.5) is 0 Å². The van der Waals surface area contributed by atoms with Crippen molar-refractivity contribution in [3.63, 3.8) is 0 Å². The Morgan fingerprint density at radius 1 is 1.11 bits per heavy atom. The third-order valence-electron chi connectivity index (χ3n) is 9.87. The number of fused-ring (bicyclic) bond motifs is 2. The standard InChI is InChI=1S/C21H25N2O6PS.C13H14N2.3H2/c24-11-16-7-6-15-3-1-2-4-17(21(26)23(15)16)22-20(25)19-10-14-9-13(12-30(27,28)29)5-8-18(14)31-19;14-8-12-11(9-15-13(12)6-7-13)10-4-2-1-3-5-10;;;/h5,8-11,15-17,27-29H,1-4,6-7,12H2;1-5,11-12,15H,6-7,9H2;3*1H/p+1/t15-,16-,17-;11-,12-;;;/m00.../s1. The van der Waals surface area contributed by atoms with Crippen LogP contribution in [-0.2, 0) is 15.8 Å². The summed E-state index contributed by atoms with van der Waals surface area (Å²) < 4.78 is 0.844. The summed E-state index contributed by atoms with van der Waals surface area (Å²) in [6, 6.07) is 18.8. The first-order valence-corrected chi connectivity index (χ1v) is 18.6. The minimum atomic E-state index is -3.93. The zero-order valence-corrected chi connectivity index (χ0v) is 27.3. The Hall–Kier alpha value is -3.23. The van der Waals surface area contributed by atoms with Crippen molar-refractivity contribution in [2.24, 2.45) is 5.92 Å². The second-order valence-corrected chi connectivity index (χ2v) is 15.8. The molecule has 0 bridgehead atoms. The highest BCUT2D eigenvalue weighted by Crippen LogP contribution is 2.52. The molecule has 3 aromatic rings. The molecule has 4 aliphatic rings. The van der Waals surface area contributed by atoms with Crippen LogP contribution >= 0.6 is 19.3 Å². The monoisotopic (exact) mass is 669 g/mol. The topological polar surface area (TPSA) is 163 Å². The van der Waals surface area contributed by atoms with Crippen LogP contribution in [0.25, 0.3) is 10.1 Å². The Kier molecular flexibility index (Phi) is 9.58. The van der Waals surface area contributed by atoms with Crippen LogP contribution in [0.2, 0.25) is 0 Å². The molecule has 1 spiro atoms. The van der Waals surface area contributed by atoms with E-state index in [2.05, 4.69) is 41.0 Å². The molecule has 5 atom stereocenters. The molecule has 4 fully saturated rings. The van der Waals surface area contributed by atoms with Crippen LogP contribution in [0, 0.1) is 17.2 Å². The van der Waals surface area contributed by atoms with Crippen LogP contribution in [0.3, 0.4) is 0 Å². The van der Waals surface area contributed by atoms with Gasteiger partial charge in [0.15, 0.2) is 6.16 Å². The quantitative estimate of drug-likeness (QED) is 0.178. The number of amides is 2. The minimum absolute atomic E-state index is 0. The number of nitriles is 1. The first-order valence-electron chi connectivity index (χ1n) is 16.0. The maximum absolute atomic E-state index is 13.2. The van der Waals surface area contributed by atoms with E-state index in [0.717, 1.165) is 48.6 Å². The van der Waals surface area contributed by atoms with E-state index in [1.165, 1.54) is 29.7 Å². The van der Waals surface area contributed by atoms with Gasteiger partial charge in [-0.15, -0.1) is 11.3 Å². The van der Waals surface area contributed by atoms with Crippen molar-refractivity contribution in [1.29, 1.82) is 5.26 Å². The molecule has 3 aliphatic heterocycles. The van der Waals surface area contributed by atoms with E-state index < -0.39 is 20.0 Å². The molecule has 12 heteroatoms. The van der Waals surface area contributed by atoms with Gasteiger partial charge in [0.2, 0.25) is 5.91 Å². The zero-order valence-electron chi connectivity index (χ0n) is 25.5. The first kappa shape index (κ1) is 32.7. The lowest BCUT2D eigenvalue weighted by Crippen LogP contribution is -2.53. The van der Waals surface area contributed by atoms with Crippen LogP contribution in [0.5, 0.6) is 0 Å². The largest absolute Gasteiger partial charge is 0.408 e. The van der Waals surface area contributed by atoms with Crippen molar-refractivity contribution >= 4 is 47.5 Å². The minimum Gasteiger partial charge on any atom is -0.340 e. The molecular weight excluding hydrogens is 623 g/mol. The van der Waals surface area contributed by atoms with Gasteiger partial charge >= 0.3 is 7.94 Å². The number of thiophene rings is 1. The van der Waals surface area contributed by atoms with Gasteiger partial charge in [-0.1, -0.05) is 49.2 Å². The number of hydrogen-bond donors (Lipinski definition) is 5. The fraction of sp³-hybridized carbons (Fsp3) is 0.471. The summed E-state index contributed by atoms with van der Waals surface area (Å²) >= 11 is 1.28. The summed E-state index contributed by atoms with van der Waals surface area (Å²) in [6.45, 7) is 0.961.